The van der Waals surface area contributed by atoms with E-state index in [2.05, 4.69) is 60.4 Å². The second kappa shape index (κ2) is 4.97. The summed E-state index contributed by atoms with van der Waals surface area (Å²) in [6, 6.07) is 18.6. The minimum Gasteiger partial charge on any atom is -0.395 e. The number of hydrogen-bond donors (Lipinski definition) is 1. The van der Waals surface area contributed by atoms with Gasteiger partial charge >= 0.3 is 0 Å². The van der Waals surface area contributed by atoms with E-state index in [1.165, 1.54) is 22.3 Å². The molecule has 0 spiro atoms. The van der Waals surface area contributed by atoms with E-state index in [-0.39, 0.29) is 6.61 Å². The number of hydrogen-bond acceptors (Lipinski definition) is 2. The molecule has 5 rings (SSSR count). The van der Waals surface area contributed by atoms with Crippen LogP contribution in [-0.2, 0) is 6.42 Å². The molecule has 2 aliphatic heterocycles. The number of rotatable bonds is 2. The molecule has 0 aromatic heterocycles. The molecule has 1 N–H and O–H groups in total. The number of fused-ring (bicyclic) bond motifs is 1. The van der Waals surface area contributed by atoms with E-state index in [0.29, 0.717) is 18.0 Å². The van der Waals surface area contributed by atoms with Gasteiger partial charge in [-0.1, -0.05) is 48.5 Å². The largest absolute Gasteiger partial charge is 0.395 e. The zero-order valence-corrected chi connectivity index (χ0v) is 12.4. The minimum absolute atomic E-state index is 0.228. The van der Waals surface area contributed by atoms with Crippen LogP contribution in [0.5, 0.6) is 0 Å². The summed E-state index contributed by atoms with van der Waals surface area (Å²) in [4.78, 5) is 2.49. The average molecular weight is 279 g/mol. The molecule has 21 heavy (non-hydrogen) atoms. The summed E-state index contributed by atoms with van der Waals surface area (Å²) in [6.45, 7) is 3.29. The van der Waals surface area contributed by atoms with Crippen molar-refractivity contribution in [3.8, 4) is 0 Å². The Hall–Kier alpha value is -1.64. The zero-order valence-electron chi connectivity index (χ0n) is 12.4. The van der Waals surface area contributed by atoms with Gasteiger partial charge in [-0.25, -0.2) is 0 Å². The molecule has 2 nitrogen and oxygen atoms in total. The Kier molecular flexibility index (Phi) is 3.09. The lowest BCUT2D eigenvalue weighted by atomic mass is 9.79. The first-order chi connectivity index (χ1) is 10.3. The van der Waals surface area contributed by atoms with Gasteiger partial charge in [0.15, 0.2) is 0 Å². The quantitative estimate of drug-likeness (QED) is 0.913. The molecule has 2 heterocycles. The normalized spacial score (nSPS) is 27.0. The number of aliphatic hydroxyl groups is 1. The van der Waals surface area contributed by atoms with Crippen molar-refractivity contribution < 1.29 is 5.11 Å². The molecular formula is C19H21NO. The van der Waals surface area contributed by atoms with Crippen molar-refractivity contribution in [3.05, 3.63) is 70.8 Å². The highest BCUT2D eigenvalue weighted by Gasteiger charge is 2.42. The predicted octanol–water partition coefficient (Wildman–Crippen LogP) is 3.11. The summed E-state index contributed by atoms with van der Waals surface area (Å²) in [5, 5.41) is 9.48. The Morgan fingerprint density at radius 1 is 1.00 bits per heavy atom. The Morgan fingerprint density at radius 2 is 1.67 bits per heavy atom. The van der Waals surface area contributed by atoms with E-state index >= 15 is 0 Å². The van der Waals surface area contributed by atoms with Crippen LogP contribution in [0.4, 0.5) is 0 Å². The van der Waals surface area contributed by atoms with Crippen LogP contribution in [0.2, 0.25) is 0 Å². The molecule has 0 radical (unpaired) electrons. The Morgan fingerprint density at radius 3 is 2.43 bits per heavy atom. The Labute approximate surface area is 126 Å². The van der Waals surface area contributed by atoms with E-state index in [4.69, 9.17) is 0 Å². The molecule has 2 aromatic rings. The molecule has 108 valence electrons. The molecule has 2 bridgehead atoms. The van der Waals surface area contributed by atoms with Crippen molar-refractivity contribution in [2.75, 3.05) is 13.2 Å². The third kappa shape index (κ3) is 1.86. The van der Waals surface area contributed by atoms with Gasteiger partial charge in [-0.3, -0.25) is 4.90 Å². The van der Waals surface area contributed by atoms with Gasteiger partial charge in [-0.05, 0) is 35.6 Å². The number of nitrogens with zero attached hydrogens (tertiary/aromatic N) is 1. The van der Waals surface area contributed by atoms with Crippen molar-refractivity contribution in [2.24, 2.45) is 0 Å². The van der Waals surface area contributed by atoms with Crippen LogP contribution in [0, 0.1) is 0 Å². The fourth-order valence-corrected chi connectivity index (χ4v) is 4.37. The Balaban J connectivity index is 1.95. The predicted molar refractivity (Wildman–Crippen MR) is 84.4 cm³/mol. The van der Waals surface area contributed by atoms with Crippen LogP contribution in [0.15, 0.2) is 48.5 Å². The van der Waals surface area contributed by atoms with Gasteiger partial charge < -0.3 is 5.11 Å². The monoisotopic (exact) mass is 279 g/mol. The molecule has 3 atom stereocenters. The van der Waals surface area contributed by atoms with Crippen molar-refractivity contribution in [1.82, 2.24) is 4.90 Å². The lowest BCUT2D eigenvalue weighted by Gasteiger charge is -2.43. The van der Waals surface area contributed by atoms with E-state index in [9.17, 15) is 5.11 Å². The van der Waals surface area contributed by atoms with Crippen LogP contribution in [-0.4, -0.2) is 29.2 Å². The topological polar surface area (TPSA) is 23.5 Å². The summed E-state index contributed by atoms with van der Waals surface area (Å²) in [6.07, 6.45) is 1.05. The van der Waals surface area contributed by atoms with Crippen molar-refractivity contribution in [2.45, 2.75) is 31.3 Å². The third-order valence-corrected chi connectivity index (χ3v) is 5.26. The van der Waals surface area contributed by atoms with E-state index in [1.807, 2.05) is 0 Å². The fraction of sp³-hybridized carbons (Fsp3) is 0.368. The molecule has 3 aliphatic rings. The maximum atomic E-state index is 9.48. The summed E-state index contributed by atoms with van der Waals surface area (Å²) in [5.41, 5.74) is 5.87. The second-order valence-electron chi connectivity index (χ2n) is 6.23. The highest BCUT2D eigenvalue weighted by Crippen LogP contribution is 2.48. The first-order valence-corrected chi connectivity index (χ1v) is 7.84. The molecule has 0 saturated carbocycles. The third-order valence-electron chi connectivity index (χ3n) is 5.26. The first kappa shape index (κ1) is 13.1. The van der Waals surface area contributed by atoms with Gasteiger partial charge in [0.25, 0.3) is 0 Å². The summed E-state index contributed by atoms with van der Waals surface area (Å²) >= 11 is 0. The van der Waals surface area contributed by atoms with E-state index < -0.39 is 0 Å². The SMILES string of the molecule is C[C@H]1[C@@H]2c3ccccc3C[C@H](c3ccccc32)N1CCO. The van der Waals surface area contributed by atoms with Crippen LogP contribution < -0.4 is 0 Å². The maximum absolute atomic E-state index is 9.48. The smallest absolute Gasteiger partial charge is 0.0558 e. The number of aliphatic hydroxyl groups excluding tert-OH is 1. The molecular weight excluding hydrogens is 258 g/mol. The summed E-state index contributed by atoms with van der Waals surface area (Å²) in [5.74, 6) is 0.419. The van der Waals surface area contributed by atoms with Gasteiger partial charge in [0.05, 0.1) is 6.61 Å². The van der Waals surface area contributed by atoms with Gasteiger partial charge in [0.1, 0.15) is 0 Å². The minimum atomic E-state index is 0.228. The van der Waals surface area contributed by atoms with Gasteiger partial charge in [0.2, 0.25) is 0 Å². The molecule has 0 amide bonds. The molecule has 0 saturated heterocycles. The fourth-order valence-electron chi connectivity index (χ4n) is 4.37. The number of benzene rings is 2. The second-order valence-corrected chi connectivity index (χ2v) is 6.23. The highest BCUT2D eigenvalue weighted by atomic mass is 16.3. The van der Waals surface area contributed by atoms with Crippen LogP contribution in [0.1, 0.15) is 41.1 Å². The molecule has 1 aliphatic carbocycles. The average Bonchev–Trinajstić information content (AvgIpc) is 2.73. The standard InChI is InChI=1S/C19H21NO/c1-13-19-15-7-3-2-6-14(15)12-18(20(13)10-11-21)16-8-4-5-9-17(16)19/h2-9,13,18-19,21H,10-12H2,1H3/t13-,18+,19+/m0/s1. The van der Waals surface area contributed by atoms with Crippen molar-refractivity contribution in [1.29, 1.82) is 0 Å². The molecule has 2 aromatic carbocycles. The van der Waals surface area contributed by atoms with E-state index in [0.717, 1.165) is 13.0 Å². The van der Waals surface area contributed by atoms with Gasteiger partial charge in [-0.2, -0.15) is 0 Å². The molecule has 0 unspecified atom stereocenters. The summed E-state index contributed by atoms with van der Waals surface area (Å²) < 4.78 is 0. The molecule has 0 fully saturated rings. The maximum Gasteiger partial charge on any atom is 0.0558 e. The van der Waals surface area contributed by atoms with Gasteiger partial charge in [0, 0.05) is 24.5 Å². The first-order valence-electron chi connectivity index (χ1n) is 7.84. The van der Waals surface area contributed by atoms with E-state index in [1.54, 1.807) is 0 Å². The molecule has 2 heteroatoms. The Bertz CT molecular complexity index is 666. The lowest BCUT2D eigenvalue weighted by Crippen LogP contribution is -2.45. The van der Waals surface area contributed by atoms with Crippen LogP contribution >= 0.6 is 0 Å². The van der Waals surface area contributed by atoms with Crippen molar-refractivity contribution >= 4 is 0 Å². The van der Waals surface area contributed by atoms with Gasteiger partial charge in [-0.15, -0.1) is 0 Å². The van der Waals surface area contributed by atoms with Crippen molar-refractivity contribution in [3.63, 3.8) is 0 Å². The van der Waals surface area contributed by atoms with Crippen LogP contribution in [0.3, 0.4) is 0 Å². The zero-order chi connectivity index (χ0) is 14.4. The lowest BCUT2D eigenvalue weighted by molar-refractivity contribution is 0.0942. The summed E-state index contributed by atoms with van der Waals surface area (Å²) in [7, 11) is 0. The highest BCUT2D eigenvalue weighted by molar-refractivity contribution is 5.49. The van der Waals surface area contributed by atoms with Crippen LogP contribution in [0.25, 0.3) is 0 Å².